The Kier molecular flexibility index (Phi) is 21.1. The molecule has 0 aromatic carbocycles. The van der Waals surface area contributed by atoms with E-state index in [2.05, 4.69) is 25.9 Å². The third-order valence-electron chi connectivity index (χ3n) is 5.37. The molecule has 0 heterocycles. The van der Waals surface area contributed by atoms with Gasteiger partial charge in [0.1, 0.15) is 0 Å². The van der Waals surface area contributed by atoms with Gasteiger partial charge in [-0.1, -0.05) is 96.8 Å². The molecule has 1 N–H and O–H groups in total. The van der Waals surface area contributed by atoms with Crippen LogP contribution in [0.25, 0.3) is 0 Å². The van der Waals surface area contributed by atoms with Crippen LogP contribution in [-0.2, 0) is 0 Å². The van der Waals surface area contributed by atoms with Crippen molar-refractivity contribution >= 4 is 0 Å². The molecule has 0 aliphatic rings. The van der Waals surface area contributed by atoms with E-state index in [-0.39, 0.29) is 0 Å². The second-order valence-electron chi connectivity index (χ2n) is 8.50. The summed E-state index contributed by atoms with van der Waals surface area (Å²) in [5.41, 5.74) is 0. The van der Waals surface area contributed by atoms with E-state index in [1.54, 1.807) is 0 Å². The molecule has 0 amide bonds. The summed E-state index contributed by atoms with van der Waals surface area (Å²) in [6, 6.07) is 0. The molecular formula is C23H50N2O. The van der Waals surface area contributed by atoms with Gasteiger partial charge in [0.15, 0.2) is 0 Å². The minimum Gasteiger partial charge on any atom is -0.634 e. The smallest absolute Gasteiger partial charge is 0.0780 e. The van der Waals surface area contributed by atoms with Gasteiger partial charge in [-0.15, -0.1) is 0 Å². The average Bonchev–Trinajstić information content (AvgIpc) is 2.61. The number of hydrogen-bond acceptors (Lipinski definition) is 2. The maximum absolute atomic E-state index is 11.8. The lowest BCUT2D eigenvalue weighted by molar-refractivity contribution is -0.848. The number of hydroxylamine groups is 2. The second kappa shape index (κ2) is 21.2. The first-order valence-electron chi connectivity index (χ1n) is 11.8. The third kappa shape index (κ3) is 21.9. The fourth-order valence-electron chi connectivity index (χ4n) is 3.59. The first-order chi connectivity index (χ1) is 12.7. The molecular weight excluding hydrogens is 320 g/mol. The zero-order valence-electron chi connectivity index (χ0n) is 18.5. The van der Waals surface area contributed by atoms with E-state index in [1.165, 1.54) is 96.3 Å². The maximum atomic E-state index is 11.8. The van der Waals surface area contributed by atoms with Crippen molar-refractivity contribution in [2.75, 3.05) is 33.7 Å². The molecule has 0 rings (SSSR count). The highest BCUT2D eigenvalue weighted by Crippen LogP contribution is 2.13. The summed E-state index contributed by atoms with van der Waals surface area (Å²) in [6.07, 6.45) is 23.2. The number of rotatable bonds is 21. The van der Waals surface area contributed by atoms with Gasteiger partial charge in [0, 0.05) is 13.0 Å². The van der Waals surface area contributed by atoms with E-state index in [1.807, 2.05) is 0 Å². The lowest BCUT2D eigenvalue weighted by Gasteiger charge is -2.22. The van der Waals surface area contributed by atoms with Crippen LogP contribution in [0.2, 0.25) is 0 Å². The van der Waals surface area contributed by atoms with Crippen molar-refractivity contribution in [2.24, 2.45) is 0 Å². The number of nitrogens with zero attached hydrogens (tertiary/aromatic N) is 1. The molecule has 0 spiro atoms. The molecule has 1 atom stereocenters. The first-order valence-corrected chi connectivity index (χ1v) is 11.8. The van der Waals surface area contributed by atoms with Crippen LogP contribution in [-0.4, -0.2) is 38.6 Å². The van der Waals surface area contributed by atoms with Gasteiger partial charge in [0.25, 0.3) is 0 Å². The highest BCUT2D eigenvalue weighted by Gasteiger charge is 1.99. The summed E-state index contributed by atoms with van der Waals surface area (Å²) < 4.78 is 0. The Labute approximate surface area is 165 Å². The van der Waals surface area contributed by atoms with Gasteiger partial charge in [0.2, 0.25) is 0 Å². The molecule has 3 heteroatoms. The zero-order chi connectivity index (χ0) is 19.3. The lowest BCUT2D eigenvalue weighted by Crippen LogP contribution is -3.07. The monoisotopic (exact) mass is 370 g/mol. The minimum absolute atomic E-state index is 0.470. The van der Waals surface area contributed by atoms with Gasteiger partial charge < -0.3 is 15.2 Å². The summed E-state index contributed by atoms with van der Waals surface area (Å²) in [4.78, 5) is 2.15. The van der Waals surface area contributed by atoms with Gasteiger partial charge in [-0.2, -0.15) is 0 Å². The fourth-order valence-corrected chi connectivity index (χ4v) is 3.59. The van der Waals surface area contributed by atoms with Crippen LogP contribution in [0.3, 0.4) is 0 Å². The van der Waals surface area contributed by atoms with Crippen molar-refractivity contribution in [1.82, 2.24) is 4.90 Å². The van der Waals surface area contributed by atoms with Crippen molar-refractivity contribution in [3.63, 3.8) is 0 Å². The van der Waals surface area contributed by atoms with Crippen LogP contribution in [0.1, 0.15) is 116 Å². The highest BCUT2D eigenvalue weighted by molar-refractivity contribution is 4.50. The second-order valence-corrected chi connectivity index (χ2v) is 8.50. The molecule has 0 fully saturated rings. The van der Waals surface area contributed by atoms with E-state index in [0.717, 1.165) is 32.5 Å². The molecule has 0 aliphatic carbocycles. The van der Waals surface area contributed by atoms with E-state index >= 15 is 0 Å². The van der Waals surface area contributed by atoms with Gasteiger partial charge >= 0.3 is 0 Å². The Morgan fingerprint density at radius 1 is 0.538 bits per heavy atom. The molecule has 0 radical (unpaired) electrons. The molecule has 0 aromatic heterocycles. The largest absolute Gasteiger partial charge is 0.634 e. The molecule has 0 saturated carbocycles. The van der Waals surface area contributed by atoms with Gasteiger partial charge in [-0.3, -0.25) is 0 Å². The normalized spacial score (nSPS) is 12.8. The van der Waals surface area contributed by atoms with Crippen molar-refractivity contribution in [3.8, 4) is 0 Å². The van der Waals surface area contributed by atoms with Crippen LogP contribution in [0, 0.1) is 5.21 Å². The zero-order valence-corrected chi connectivity index (χ0v) is 18.5. The van der Waals surface area contributed by atoms with E-state index in [4.69, 9.17) is 0 Å². The first kappa shape index (κ1) is 25.9. The SMILES string of the molecule is CCCCCCCCCCCCCCCCCC[NH+]([O-])CCCN(C)C. The van der Waals surface area contributed by atoms with Crippen LogP contribution in [0.5, 0.6) is 0 Å². The molecule has 1 unspecified atom stereocenters. The van der Waals surface area contributed by atoms with Gasteiger partial charge in [-0.25, -0.2) is 0 Å². The standard InChI is InChI=1S/C23H50N2O/c1-4-5-6-7-8-9-10-11-12-13-14-15-16-17-18-19-22-25(26)23-20-21-24(2)3/h25H,4-23H2,1-3H3. The van der Waals surface area contributed by atoms with Crippen molar-refractivity contribution in [3.05, 3.63) is 5.21 Å². The van der Waals surface area contributed by atoms with Gasteiger partial charge in [0.05, 0.1) is 13.1 Å². The van der Waals surface area contributed by atoms with E-state index in [0.29, 0.717) is 5.06 Å². The topological polar surface area (TPSA) is 30.7 Å². The lowest BCUT2D eigenvalue weighted by atomic mass is 10.0. The van der Waals surface area contributed by atoms with Crippen LogP contribution >= 0.6 is 0 Å². The Hall–Kier alpha value is -0.120. The molecule has 0 bridgehead atoms. The predicted molar refractivity (Wildman–Crippen MR) is 117 cm³/mol. The highest BCUT2D eigenvalue weighted by atomic mass is 16.5. The molecule has 26 heavy (non-hydrogen) atoms. The molecule has 3 nitrogen and oxygen atoms in total. The number of unbranched alkanes of at least 4 members (excludes halogenated alkanes) is 15. The molecule has 0 aromatic rings. The van der Waals surface area contributed by atoms with Crippen molar-refractivity contribution < 1.29 is 5.06 Å². The number of hydrogen-bond donors (Lipinski definition) is 1. The Morgan fingerprint density at radius 2 is 0.885 bits per heavy atom. The summed E-state index contributed by atoms with van der Waals surface area (Å²) in [7, 11) is 4.14. The van der Waals surface area contributed by atoms with Crippen molar-refractivity contribution in [2.45, 2.75) is 116 Å². The fraction of sp³-hybridized carbons (Fsp3) is 1.00. The third-order valence-corrected chi connectivity index (χ3v) is 5.37. The molecule has 0 saturated heterocycles. The predicted octanol–water partition coefficient (Wildman–Crippen LogP) is 5.58. The van der Waals surface area contributed by atoms with E-state index in [9.17, 15) is 5.21 Å². The Balaban J connectivity index is 3.09. The Morgan fingerprint density at radius 3 is 1.27 bits per heavy atom. The summed E-state index contributed by atoms with van der Waals surface area (Å²) >= 11 is 0. The molecule has 158 valence electrons. The summed E-state index contributed by atoms with van der Waals surface area (Å²) in [6.45, 7) is 4.91. The summed E-state index contributed by atoms with van der Waals surface area (Å²) in [5, 5.41) is 12.2. The average molecular weight is 371 g/mol. The minimum atomic E-state index is 0.470. The van der Waals surface area contributed by atoms with Gasteiger partial charge in [-0.05, 0) is 26.9 Å². The van der Waals surface area contributed by atoms with Crippen LogP contribution in [0.4, 0.5) is 0 Å². The maximum Gasteiger partial charge on any atom is 0.0780 e. The van der Waals surface area contributed by atoms with Crippen LogP contribution in [0.15, 0.2) is 0 Å². The number of quaternary nitrogens is 1. The molecule has 0 aliphatic heterocycles. The van der Waals surface area contributed by atoms with E-state index < -0.39 is 0 Å². The Bertz CT molecular complexity index is 259. The quantitative estimate of drug-likeness (QED) is 0.211. The van der Waals surface area contributed by atoms with Crippen LogP contribution < -0.4 is 5.06 Å². The summed E-state index contributed by atoms with van der Waals surface area (Å²) in [5.74, 6) is 0. The number of nitrogens with one attached hydrogen (secondary N) is 1. The van der Waals surface area contributed by atoms with Crippen molar-refractivity contribution in [1.29, 1.82) is 0 Å².